The number of primary amides is 1. The van der Waals surface area contributed by atoms with Gasteiger partial charge in [0.1, 0.15) is 22.8 Å². The van der Waals surface area contributed by atoms with Crippen molar-refractivity contribution in [3.8, 4) is 0 Å². The minimum absolute atomic E-state index is 0.0180. The lowest BCUT2D eigenvalue weighted by molar-refractivity contribution is -0.126. The third kappa shape index (κ3) is 5.21. The van der Waals surface area contributed by atoms with E-state index < -0.39 is 5.82 Å². The molecule has 8 nitrogen and oxygen atoms in total. The molecule has 0 spiro atoms. The number of nitrogens with zero attached hydrogens (tertiary/aromatic N) is 4. The number of fused-ring (bicyclic) bond motifs is 3. The number of piperidine rings is 1. The summed E-state index contributed by atoms with van der Waals surface area (Å²) in [7, 11) is 0. The van der Waals surface area contributed by atoms with Crippen molar-refractivity contribution in [3.05, 3.63) is 58.0 Å². The van der Waals surface area contributed by atoms with Crippen molar-refractivity contribution in [2.45, 2.75) is 25.8 Å². The van der Waals surface area contributed by atoms with E-state index in [-0.39, 0.29) is 22.8 Å². The fourth-order valence-electron chi connectivity index (χ4n) is 4.73. The number of nitrogens with two attached hydrogens (primary N) is 1. The molecule has 2 aliphatic rings. The van der Waals surface area contributed by atoms with Crippen LogP contribution in [0.2, 0.25) is 5.02 Å². The maximum atomic E-state index is 13.5. The molecule has 3 aromatic rings. The third-order valence-corrected chi connectivity index (χ3v) is 8.16. The van der Waals surface area contributed by atoms with Crippen LogP contribution in [0.1, 0.15) is 23.3 Å². The molecule has 2 aromatic heterocycles. The molecule has 0 radical (unpaired) electrons. The van der Waals surface area contributed by atoms with E-state index >= 15 is 0 Å². The summed E-state index contributed by atoms with van der Waals surface area (Å²) in [6.45, 7) is 3.41. The number of hydrogen-bond donors (Lipinski definition) is 2. The van der Waals surface area contributed by atoms with Gasteiger partial charge in [0.2, 0.25) is 11.8 Å². The zero-order valence-electron chi connectivity index (χ0n) is 19.5. The van der Waals surface area contributed by atoms with Gasteiger partial charge < -0.3 is 16.0 Å². The van der Waals surface area contributed by atoms with Gasteiger partial charge in [-0.1, -0.05) is 17.7 Å². The lowest BCUT2D eigenvalue weighted by Crippen LogP contribution is -2.38. The van der Waals surface area contributed by atoms with Crippen LogP contribution in [-0.2, 0) is 22.6 Å². The van der Waals surface area contributed by atoms with Gasteiger partial charge in [-0.15, -0.1) is 11.3 Å². The molecule has 188 valence electrons. The Hall–Kier alpha value is -3.08. The predicted octanol–water partition coefficient (Wildman–Crippen LogP) is 3.87. The second-order valence-electron chi connectivity index (χ2n) is 9.05. The first-order valence-electron chi connectivity index (χ1n) is 11.8. The maximum Gasteiger partial charge on any atom is 0.246 e. The lowest BCUT2D eigenvalue weighted by atomic mass is 9.96. The highest BCUT2D eigenvalue weighted by Gasteiger charge is 2.26. The van der Waals surface area contributed by atoms with Crippen molar-refractivity contribution < 1.29 is 14.0 Å². The van der Waals surface area contributed by atoms with Gasteiger partial charge in [-0.05, 0) is 56.1 Å². The largest absolute Gasteiger partial charge is 0.369 e. The van der Waals surface area contributed by atoms with Crippen molar-refractivity contribution in [1.29, 1.82) is 0 Å². The molecule has 1 saturated heterocycles. The van der Waals surface area contributed by atoms with Crippen LogP contribution in [0.4, 0.5) is 15.9 Å². The van der Waals surface area contributed by atoms with Crippen LogP contribution in [0.25, 0.3) is 10.2 Å². The SMILES string of the molecule is NC(=O)C1CCN(C/C=C/C(=O)N2CCc3c(sc4ncnc(Nc5ccc(F)c(Cl)c5)c34)C2)CC1. The van der Waals surface area contributed by atoms with Crippen molar-refractivity contribution in [1.82, 2.24) is 19.8 Å². The number of carbonyl (C=O) groups excluding carboxylic acids is 2. The van der Waals surface area contributed by atoms with Gasteiger partial charge in [0.25, 0.3) is 0 Å². The van der Waals surface area contributed by atoms with E-state index in [2.05, 4.69) is 20.2 Å². The number of aromatic nitrogens is 2. The summed E-state index contributed by atoms with van der Waals surface area (Å²) >= 11 is 7.49. The van der Waals surface area contributed by atoms with Crippen molar-refractivity contribution in [3.63, 3.8) is 0 Å². The van der Waals surface area contributed by atoms with Crippen molar-refractivity contribution >= 4 is 56.5 Å². The molecule has 0 saturated carbocycles. The summed E-state index contributed by atoms with van der Waals surface area (Å²) in [6, 6.07) is 4.45. The fraction of sp³-hybridized carbons (Fsp3) is 0.360. The fourth-order valence-corrected chi connectivity index (χ4v) is 6.11. The molecule has 2 aliphatic heterocycles. The van der Waals surface area contributed by atoms with E-state index in [0.29, 0.717) is 37.6 Å². The lowest BCUT2D eigenvalue weighted by Gasteiger charge is -2.29. The minimum atomic E-state index is -0.477. The number of thiophene rings is 1. The summed E-state index contributed by atoms with van der Waals surface area (Å²) in [6.07, 6.45) is 7.27. The topological polar surface area (TPSA) is 104 Å². The molecule has 0 atom stereocenters. The van der Waals surface area contributed by atoms with E-state index in [0.717, 1.165) is 46.6 Å². The molecule has 0 aliphatic carbocycles. The zero-order valence-corrected chi connectivity index (χ0v) is 21.1. The van der Waals surface area contributed by atoms with Crippen LogP contribution in [0.5, 0.6) is 0 Å². The molecular formula is C25H26ClFN6O2S. The number of carbonyl (C=O) groups is 2. The standard InChI is InChI=1S/C25H26ClFN6O2S/c26-18-12-16(3-4-19(18)27)31-24-22-17-7-11-33(13-20(17)36-25(22)30-14-29-24)21(34)2-1-8-32-9-5-15(6-10-32)23(28)35/h1-4,12,14-15H,5-11,13H2,(H2,28,35)(H,29,30,31)/b2-1+. The first-order valence-corrected chi connectivity index (χ1v) is 13.0. The highest BCUT2D eigenvalue weighted by molar-refractivity contribution is 7.19. The monoisotopic (exact) mass is 528 g/mol. The normalized spacial score (nSPS) is 17.0. The Morgan fingerprint density at radius 2 is 2.06 bits per heavy atom. The van der Waals surface area contributed by atoms with Gasteiger partial charge in [-0.3, -0.25) is 14.5 Å². The van der Waals surface area contributed by atoms with Crippen molar-refractivity contribution in [2.24, 2.45) is 11.7 Å². The number of nitrogens with one attached hydrogen (secondary N) is 1. The van der Waals surface area contributed by atoms with E-state index in [9.17, 15) is 14.0 Å². The van der Waals surface area contributed by atoms with Crippen molar-refractivity contribution in [2.75, 3.05) is 31.5 Å². The number of benzene rings is 1. The molecule has 3 N–H and O–H groups in total. The van der Waals surface area contributed by atoms with Gasteiger partial charge in [0.05, 0.1) is 17.0 Å². The highest BCUT2D eigenvalue weighted by Crippen LogP contribution is 2.38. The van der Waals surface area contributed by atoms with Gasteiger partial charge in [0.15, 0.2) is 0 Å². The Balaban J connectivity index is 1.24. The van der Waals surface area contributed by atoms with Crippen LogP contribution in [0, 0.1) is 11.7 Å². The van der Waals surface area contributed by atoms with E-state index in [4.69, 9.17) is 17.3 Å². The van der Waals surface area contributed by atoms with Gasteiger partial charge in [0, 0.05) is 35.6 Å². The Bertz CT molecular complexity index is 1340. The number of halogens is 2. The second-order valence-corrected chi connectivity index (χ2v) is 10.5. The van der Waals surface area contributed by atoms with Crippen LogP contribution < -0.4 is 11.1 Å². The average Bonchev–Trinajstić information content (AvgIpc) is 3.25. The summed E-state index contributed by atoms with van der Waals surface area (Å²) in [4.78, 5) is 39.0. The summed E-state index contributed by atoms with van der Waals surface area (Å²) in [5.74, 6) is -0.116. The predicted molar refractivity (Wildman–Crippen MR) is 139 cm³/mol. The number of hydrogen-bond acceptors (Lipinski definition) is 7. The van der Waals surface area contributed by atoms with Gasteiger partial charge in [-0.25, -0.2) is 14.4 Å². The van der Waals surface area contributed by atoms with Crippen LogP contribution in [0.15, 0.2) is 36.7 Å². The molecule has 11 heteroatoms. The zero-order chi connectivity index (χ0) is 25.2. The van der Waals surface area contributed by atoms with E-state index in [1.165, 1.54) is 18.5 Å². The first-order chi connectivity index (χ1) is 17.4. The number of anilines is 2. The Kier molecular flexibility index (Phi) is 7.17. The Labute approximate surface area is 216 Å². The van der Waals surface area contributed by atoms with E-state index in [1.54, 1.807) is 23.5 Å². The number of amides is 2. The molecule has 0 bridgehead atoms. The maximum absolute atomic E-state index is 13.5. The smallest absolute Gasteiger partial charge is 0.246 e. The molecule has 4 heterocycles. The van der Waals surface area contributed by atoms with Gasteiger partial charge in [-0.2, -0.15) is 0 Å². The molecule has 2 amide bonds. The number of rotatable bonds is 6. The summed E-state index contributed by atoms with van der Waals surface area (Å²) in [5.41, 5.74) is 7.17. The number of likely N-dealkylation sites (tertiary alicyclic amines) is 1. The van der Waals surface area contributed by atoms with Crippen LogP contribution >= 0.6 is 22.9 Å². The van der Waals surface area contributed by atoms with E-state index in [1.807, 2.05) is 11.0 Å². The summed E-state index contributed by atoms with van der Waals surface area (Å²) < 4.78 is 13.5. The Morgan fingerprint density at radius 3 is 2.81 bits per heavy atom. The second kappa shape index (κ2) is 10.5. The quantitative estimate of drug-likeness (QED) is 0.471. The molecule has 36 heavy (non-hydrogen) atoms. The van der Waals surface area contributed by atoms with Crippen LogP contribution in [-0.4, -0.2) is 57.8 Å². The highest BCUT2D eigenvalue weighted by atomic mass is 35.5. The molecule has 0 unspecified atom stereocenters. The average molecular weight is 529 g/mol. The Morgan fingerprint density at radius 1 is 1.25 bits per heavy atom. The third-order valence-electron chi connectivity index (χ3n) is 6.74. The molecule has 5 rings (SSSR count). The van der Waals surface area contributed by atoms with Crippen LogP contribution in [0.3, 0.4) is 0 Å². The molecule has 1 fully saturated rings. The summed E-state index contributed by atoms with van der Waals surface area (Å²) in [5, 5.41) is 4.20. The minimum Gasteiger partial charge on any atom is -0.369 e. The molecular weight excluding hydrogens is 503 g/mol. The first kappa shape index (κ1) is 24.6. The molecule has 1 aromatic carbocycles. The van der Waals surface area contributed by atoms with Gasteiger partial charge >= 0.3 is 0 Å².